The van der Waals surface area contributed by atoms with Crippen molar-refractivity contribution in [2.75, 3.05) is 6.54 Å². The maximum atomic E-state index is 11.4. The van der Waals surface area contributed by atoms with Crippen LogP contribution in [0.15, 0.2) is 0 Å². The minimum atomic E-state index is -1.51. The standard InChI is InChI=1S/C10H23BN2O3/c1-7(2)5-9(11(15)16)13-10(14)6-12-8(3)4/h7-9,12,15-16H,5-6H2,1-4H3,(H,13,14)/t9-/m0/s1. The molecule has 0 saturated heterocycles. The largest absolute Gasteiger partial charge is 0.475 e. The average Bonchev–Trinajstić information content (AvgIpc) is 2.12. The predicted octanol–water partition coefficient (Wildman–Crippen LogP) is -0.473. The van der Waals surface area contributed by atoms with Crippen LogP contribution in [-0.4, -0.2) is 41.6 Å². The molecule has 6 heteroatoms. The molecule has 1 amide bonds. The van der Waals surface area contributed by atoms with Gasteiger partial charge in [-0.1, -0.05) is 27.7 Å². The Hall–Kier alpha value is -0.585. The van der Waals surface area contributed by atoms with Gasteiger partial charge in [-0.25, -0.2) is 0 Å². The molecule has 0 aliphatic heterocycles. The minimum Gasteiger partial charge on any atom is -0.426 e. The molecule has 0 aliphatic rings. The first-order chi connectivity index (χ1) is 7.32. The van der Waals surface area contributed by atoms with Crippen molar-refractivity contribution < 1.29 is 14.8 Å². The Morgan fingerprint density at radius 2 is 1.81 bits per heavy atom. The van der Waals surface area contributed by atoms with Crippen LogP contribution in [0.2, 0.25) is 0 Å². The molecule has 0 unspecified atom stereocenters. The summed E-state index contributed by atoms with van der Waals surface area (Å²) in [6.45, 7) is 8.01. The van der Waals surface area contributed by atoms with Crippen molar-refractivity contribution >= 4 is 13.0 Å². The predicted molar refractivity (Wildman–Crippen MR) is 64.7 cm³/mol. The first-order valence-corrected chi connectivity index (χ1v) is 5.71. The molecule has 0 aromatic carbocycles. The van der Waals surface area contributed by atoms with Gasteiger partial charge in [0.2, 0.25) is 5.91 Å². The molecule has 0 saturated carbocycles. The smallest absolute Gasteiger partial charge is 0.426 e. The van der Waals surface area contributed by atoms with Gasteiger partial charge in [0.25, 0.3) is 0 Å². The third kappa shape index (κ3) is 7.67. The lowest BCUT2D eigenvalue weighted by molar-refractivity contribution is -0.120. The number of carbonyl (C=O) groups is 1. The molecule has 4 N–H and O–H groups in total. The first-order valence-electron chi connectivity index (χ1n) is 5.71. The molecule has 0 aromatic rings. The van der Waals surface area contributed by atoms with E-state index in [2.05, 4.69) is 10.6 Å². The zero-order valence-corrected chi connectivity index (χ0v) is 10.5. The lowest BCUT2D eigenvalue weighted by Gasteiger charge is -2.20. The lowest BCUT2D eigenvalue weighted by atomic mass is 9.75. The van der Waals surface area contributed by atoms with Crippen LogP contribution in [0, 0.1) is 5.92 Å². The van der Waals surface area contributed by atoms with Crippen LogP contribution in [0.1, 0.15) is 34.1 Å². The van der Waals surface area contributed by atoms with Gasteiger partial charge in [-0.3, -0.25) is 4.79 Å². The minimum absolute atomic E-state index is 0.193. The van der Waals surface area contributed by atoms with Crippen molar-refractivity contribution in [3.05, 3.63) is 0 Å². The Bertz CT molecular complexity index is 210. The molecule has 0 aliphatic carbocycles. The summed E-state index contributed by atoms with van der Waals surface area (Å²) in [6.07, 6.45) is 0.547. The maximum Gasteiger partial charge on any atom is 0.475 e. The van der Waals surface area contributed by atoms with Gasteiger partial charge in [0.1, 0.15) is 0 Å². The maximum absolute atomic E-state index is 11.4. The van der Waals surface area contributed by atoms with Gasteiger partial charge >= 0.3 is 7.12 Å². The van der Waals surface area contributed by atoms with Crippen LogP contribution >= 0.6 is 0 Å². The molecule has 94 valence electrons. The highest BCUT2D eigenvalue weighted by Crippen LogP contribution is 2.05. The molecule has 0 bridgehead atoms. The molecule has 0 radical (unpaired) electrons. The van der Waals surface area contributed by atoms with Crippen molar-refractivity contribution in [1.29, 1.82) is 0 Å². The van der Waals surface area contributed by atoms with E-state index >= 15 is 0 Å². The average molecular weight is 230 g/mol. The van der Waals surface area contributed by atoms with E-state index in [9.17, 15) is 4.79 Å². The normalized spacial score (nSPS) is 13.0. The van der Waals surface area contributed by atoms with Crippen molar-refractivity contribution in [3.8, 4) is 0 Å². The zero-order valence-electron chi connectivity index (χ0n) is 10.5. The molecule has 0 aromatic heterocycles. The van der Waals surface area contributed by atoms with Crippen LogP contribution in [0.4, 0.5) is 0 Å². The van der Waals surface area contributed by atoms with Gasteiger partial charge in [0.15, 0.2) is 0 Å². The van der Waals surface area contributed by atoms with Crippen molar-refractivity contribution in [2.45, 2.75) is 46.1 Å². The van der Waals surface area contributed by atoms with Crippen LogP contribution in [0.5, 0.6) is 0 Å². The molecule has 0 rings (SSSR count). The highest BCUT2D eigenvalue weighted by Gasteiger charge is 2.25. The number of amides is 1. The van der Waals surface area contributed by atoms with Crippen LogP contribution in [0.25, 0.3) is 0 Å². The summed E-state index contributed by atoms with van der Waals surface area (Å²) < 4.78 is 0. The fraction of sp³-hybridized carbons (Fsp3) is 0.900. The molecule has 0 spiro atoms. The van der Waals surface area contributed by atoms with E-state index in [0.717, 1.165) is 0 Å². The van der Waals surface area contributed by atoms with Gasteiger partial charge in [-0.2, -0.15) is 0 Å². The molecule has 5 nitrogen and oxygen atoms in total. The topological polar surface area (TPSA) is 81.6 Å². The monoisotopic (exact) mass is 230 g/mol. The number of nitrogens with one attached hydrogen (secondary N) is 2. The van der Waals surface area contributed by atoms with Crippen LogP contribution in [-0.2, 0) is 4.79 Å². The van der Waals surface area contributed by atoms with Crippen molar-refractivity contribution in [2.24, 2.45) is 5.92 Å². The quantitative estimate of drug-likeness (QED) is 0.445. The second kappa shape index (κ2) is 7.65. The Morgan fingerprint density at radius 1 is 1.25 bits per heavy atom. The molecule has 0 heterocycles. The number of carbonyl (C=O) groups excluding carboxylic acids is 1. The summed E-state index contributed by atoms with van der Waals surface area (Å²) in [5.41, 5.74) is 0. The van der Waals surface area contributed by atoms with Gasteiger partial charge in [-0.15, -0.1) is 0 Å². The van der Waals surface area contributed by atoms with E-state index in [1.807, 2.05) is 27.7 Å². The summed E-state index contributed by atoms with van der Waals surface area (Å²) in [5.74, 6) is -0.515. The SMILES string of the molecule is CC(C)C[C@H](NC(=O)CNC(C)C)B(O)O. The third-order valence-electron chi connectivity index (χ3n) is 2.10. The van der Waals surface area contributed by atoms with Crippen molar-refractivity contribution in [3.63, 3.8) is 0 Å². The van der Waals surface area contributed by atoms with E-state index in [-0.39, 0.29) is 18.5 Å². The summed E-state index contributed by atoms with van der Waals surface area (Å²) in [6, 6.07) is 0.230. The van der Waals surface area contributed by atoms with E-state index in [1.54, 1.807) is 0 Å². The molecular weight excluding hydrogens is 207 g/mol. The van der Waals surface area contributed by atoms with E-state index in [4.69, 9.17) is 10.0 Å². The molecular formula is C10H23BN2O3. The highest BCUT2D eigenvalue weighted by atomic mass is 16.4. The fourth-order valence-electron chi connectivity index (χ4n) is 1.32. The Kier molecular flexibility index (Phi) is 7.37. The summed E-state index contributed by atoms with van der Waals surface area (Å²) in [5, 5.41) is 23.8. The Morgan fingerprint density at radius 3 is 2.19 bits per heavy atom. The van der Waals surface area contributed by atoms with E-state index < -0.39 is 13.1 Å². The molecule has 16 heavy (non-hydrogen) atoms. The van der Waals surface area contributed by atoms with E-state index in [0.29, 0.717) is 12.3 Å². The fourth-order valence-corrected chi connectivity index (χ4v) is 1.32. The van der Waals surface area contributed by atoms with Crippen LogP contribution in [0.3, 0.4) is 0 Å². The van der Waals surface area contributed by atoms with Crippen LogP contribution < -0.4 is 10.6 Å². The summed E-state index contributed by atoms with van der Waals surface area (Å²) >= 11 is 0. The van der Waals surface area contributed by atoms with Gasteiger partial charge in [-0.05, 0) is 12.3 Å². The summed E-state index contributed by atoms with van der Waals surface area (Å²) in [7, 11) is -1.51. The van der Waals surface area contributed by atoms with Gasteiger partial charge < -0.3 is 20.7 Å². The Labute approximate surface area is 97.8 Å². The number of hydrogen-bond donors (Lipinski definition) is 4. The first kappa shape index (κ1) is 15.4. The Balaban J connectivity index is 4.03. The highest BCUT2D eigenvalue weighted by molar-refractivity contribution is 6.43. The molecule has 0 fully saturated rings. The van der Waals surface area contributed by atoms with Gasteiger partial charge in [0, 0.05) is 6.04 Å². The van der Waals surface area contributed by atoms with Crippen molar-refractivity contribution in [1.82, 2.24) is 10.6 Å². The lowest BCUT2D eigenvalue weighted by Crippen LogP contribution is -2.50. The summed E-state index contributed by atoms with van der Waals surface area (Å²) in [4.78, 5) is 11.4. The number of hydrogen-bond acceptors (Lipinski definition) is 4. The second-order valence-corrected chi connectivity index (χ2v) is 4.75. The third-order valence-corrected chi connectivity index (χ3v) is 2.10. The number of rotatable bonds is 7. The van der Waals surface area contributed by atoms with Gasteiger partial charge in [0.05, 0.1) is 12.5 Å². The van der Waals surface area contributed by atoms with E-state index in [1.165, 1.54) is 0 Å². The molecule has 1 atom stereocenters. The second-order valence-electron chi connectivity index (χ2n) is 4.75. The zero-order chi connectivity index (χ0) is 12.7.